The van der Waals surface area contributed by atoms with E-state index in [2.05, 4.69) is 19.9 Å². The van der Waals surface area contributed by atoms with E-state index in [0.29, 0.717) is 30.4 Å². The molecule has 4 heteroatoms. The van der Waals surface area contributed by atoms with Crippen LogP contribution in [-0.4, -0.2) is 32.6 Å². The monoisotopic (exact) mass is 336 g/mol. The van der Waals surface area contributed by atoms with Gasteiger partial charge in [-0.25, -0.2) is 0 Å². The molecule has 1 aromatic heterocycles. The second-order valence-corrected chi connectivity index (χ2v) is 8.17. The molecule has 4 atom stereocenters. The molecule has 4 nitrogen and oxygen atoms in total. The smallest absolute Gasteiger partial charge is 0.107 e. The van der Waals surface area contributed by atoms with Gasteiger partial charge in [-0.1, -0.05) is 26.0 Å². The van der Waals surface area contributed by atoms with Gasteiger partial charge < -0.3 is 19.7 Å². The molecule has 24 heavy (non-hydrogen) atoms. The predicted octanol–water partition coefficient (Wildman–Crippen LogP) is 3.24. The quantitative estimate of drug-likeness (QED) is 0.688. The van der Waals surface area contributed by atoms with Crippen LogP contribution in [-0.2, 0) is 12.8 Å². The van der Waals surface area contributed by atoms with Crippen LogP contribution in [0.15, 0.2) is 28.9 Å². The van der Waals surface area contributed by atoms with Gasteiger partial charge in [-0.3, -0.25) is 0 Å². The second-order valence-electron chi connectivity index (χ2n) is 8.17. The fourth-order valence-corrected chi connectivity index (χ4v) is 3.26. The van der Waals surface area contributed by atoms with Crippen molar-refractivity contribution in [1.82, 2.24) is 0 Å². The predicted molar refractivity (Wildman–Crippen MR) is 94.7 cm³/mol. The maximum atomic E-state index is 10.6. The van der Waals surface area contributed by atoms with Gasteiger partial charge in [0.2, 0.25) is 0 Å². The van der Waals surface area contributed by atoms with Gasteiger partial charge in [0.1, 0.15) is 5.76 Å². The minimum absolute atomic E-state index is 0.264. The first-order valence-electron chi connectivity index (χ1n) is 8.97. The number of hydrogen-bond donors (Lipinski definition) is 3. The fraction of sp³-hybridized carbons (Fsp3) is 0.700. The normalized spacial score (nSPS) is 37.2. The Kier molecular flexibility index (Phi) is 5.95. The number of rotatable bonds is 1. The first-order valence-corrected chi connectivity index (χ1v) is 8.97. The highest BCUT2D eigenvalue weighted by Crippen LogP contribution is 2.28. The maximum absolute atomic E-state index is 10.6. The molecule has 1 aliphatic carbocycles. The highest BCUT2D eigenvalue weighted by molar-refractivity contribution is 5.16. The van der Waals surface area contributed by atoms with Crippen LogP contribution in [0.25, 0.3) is 0 Å². The van der Waals surface area contributed by atoms with Crippen molar-refractivity contribution in [3.63, 3.8) is 0 Å². The summed E-state index contributed by atoms with van der Waals surface area (Å²) in [5.74, 6) is 1.56. The third-order valence-corrected chi connectivity index (χ3v) is 5.21. The van der Waals surface area contributed by atoms with Crippen molar-refractivity contribution in [3.05, 3.63) is 35.8 Å². The van der Waals surface area contributed by atoms with Crippen molar-refractivity contribution in [1.29, 1.82) is 0 Å². The summed E-state index contributed by atoms with van der Waals surface area (Å²) in [4.78, 5) is 0. The van der Waals surface area contributed by atoms with Crippen molar-refractivity contribution in [2.45, 2.75) is 77.1 Å². The molecule has 0 radical (unpaired) electrons. The molecule has 3 N–H and O–H groups in total. The van der Waals surface area contributed by atoms with Crippen LogP contribution in [0.4, 0.5) is 0 Å². The van der Waals surface area contributed by atoms with Crippen molar-refractivity contribution >= 4 is 0 Å². The third-order valence-electron chi connectivity index (χ3n) is 5.21. The number of aliphatic hydroxyl groups excluding tert-OH is 1. The summed E-state index contributed by atoms with van der Waals surface area (Å²) in [5, 5.41) is 31.5. The van der Waals surface area contributed by atoms with Gasteiger partial charge in [0.15, 0.2) is 0 Å². The summed E-state index contributed by atoms with van der Waals surface area (Å²) in [6.45, 7) is 7.75. The summed E-state index contributed by atoms with van der Waals surface area (Å²) in [5.41, 5.74) is -1.15. The largest absolute Gasteiger partial charge is 0.469 e. The van der Waals surface area contributed by atoms with Gasteiger partial charge in [0.25, 0.3) is 0 Å². The molecule has 2 bridgehead atoms. The summed E-state index contributed by atoms with van der Waals surface area (Å²) in [6, 6.07) is 1.98. The molecule has 2 rings (SSSR count). The molecule has 0 fully saturated rings. The molecule has 136 valence electrons. The van der Waals surface area contributed by atoms with Crippen molar-refractivity contribution in [2.24, 2.45) is 11.8 Å². The van der Waals surface area contributed by atoms with Crippen LogP contribution < -0.4 is 0 Å². The summed E-state index contributed by atoms with van der Waals surface area (Å²) in [7, 11) is 0. The molecule has 0 aliphatic heterocycles. The van der Waals surface area contributed by atoms with Crippen LogP contribution in [0.3, 0.4) is 0 Å². The summed E-state index contributed by atoms with van der Waals surface area (Å²) >= 11 is 0. The van der Waals surface area contributed by atoms with E-state index in [1.54, 1.807) is 20.1 Å². The van der Waals surface area contributed by atoms with Gasteiger partial charge in [-0.05, 0) is 63.0 Å². The highest BCUT2D eigenvalue weighted by atomic mass is 16.4. The van der Waals surface area contributed by atoms with Crippen molar-refractivity contribution < 1.29 is 19.7 Å². The van der Waals surface area contributed by atoms with Gasteiger partial charge in [-0.15, -0.1) is 0 Å². The molecule has 1 heterocycles. The molecule has 1 aliphatic rings. The lowest BCUT2D eigenvalue weighted by atomic mass is 9.84. The van der Waals surface area contributed by atoms with Crippen molar-refractivity contribution in [2.75, 3.05) is 0 Å². The lowest BCUT2D eigenvalue weighted by molar-refractivity contribution is -0.0735. The first-order chi connectivity index (χ1) is 11.1. The van der Waals surface area contributed by atoms with E-state index < -0.39 is 17.3 Å². The van der Waals surface area contributed by atoms with Crippen LogP contribution in [0.2, 0.25) is 0 Å². The van der Waals surface area contributed by atoms with Crippen LogP contribution in [0.1, 0.15) is 58.3 Å². The van der Waals surface area contributed by atoms with E-state index in [1.807, 2.05) is 12.1 Å². The Morgan fingerprint density at radius 3 is 2.58 bits per heavy atom. The Labute approximate surface area is 145 Å². The Balaban J connectivity index is 2.26. The Morgan fingerprint density at radius 1 is 1.21 bits per heavy atom. The average molecular weight is 336 g/mol. The number of hydrogen-bond acceptors (Lipinski definition) is 4. The van der Waals surface area contributed by atoms with Gasteiger partial charge in [0.05, 0.1) is 23.6 Å². The molecule has 0 saturated heterocycles. The Hall–Kier alpha value is -1.10. The first kappa shape index (κ1) is 19.2. The van der Waals surface area contributed by atoms with Crippen LogP contribution in [0, 0.1) is 11.8 Å². The second kappa shape index (κ2) is 7.42. The van der Waals surface area contributed by atoms with Gasteiger partial charge >= 0.3 is 0 Å². The maximum Gasteiger partial charge on any atom is 0.107 e. The molecule has 0 amide bonds. The topological polar surface area (TPSA) is 73.8 Å². The highest BCUT2D eigenvalue weighted by Gasteiger charge is 2.33. The Morgan fingerprint density at radius 2 is 1.92 bits per heavy atom. The number of furan rings is 1. The average Bonchev–Trinajstić information content (AvgIpc) is 2.90. The number of aliphatic hydroxyl groups is 3. The zero-order valence-electron chi connectivity index (χ0n) is 15.3. The number of fused-ring (bicyclic) bond motifs is 2. The lowest BCUT2D eigenvalue weighted by Crippen LogP contribution is -2.42. The minimum atomic E-state index is -1.28. The van der Waals surface area contributed by atoms with Crippen LogP contribution in [0.5, 0.6) is 0 Å². The summed E-state index contributed by atoms with van der Waals surface area (Å²) in [6.07, 6.45) is 7.64. The number of allylic oxidation sites excluding steroid dienone is 1. The van der Waals surface area contributed by atoms with E-state index in [9.17, 15) is 15.3 Å². The van der Waals surface area contributed by atoms with E-state index in [0.717, 1.165) is 18.4 Å². The molecule has 0 aromatic carbocycles. The fourth-order valence-electron chi connectivity index (χ4n) is 3.26. The van der Waals surface area contributed by atoms with Gasteiger partial charge in [-0.2, -0.15) is 0 Å². The molecular formula is C20H32O4. The zero-order valence-corrected chi connectivity index (χ0v) is 15.3. The molecule has 1 aromatic rings. The van der Waals surface area contributed by atoms with Gasteiger partial charge in [0, 0.05) is 6.42 Å². The van der Waals surface area contributed by atoms with E-state index in [-0.39, 0.29) is 6.42 Å². The molecule has 0 spiro atoms. The zero-order chi connectivity index (χ0) is 18.0. The standard InChI is InChI=1S/C20H32O4/c1-14(2)16-6-5-15-11-17(24-13-15)12-20(4,23)18(21)8-10-19(3,22)9-7-16/h7,9,11,13-14,16,18,21-23H,5-6,8,10,12H2,1-4H3/b9-7-/t16-,18-,19-,20-/m1/s1. The Bertz CT molecular complexity index is 554. The molecule has 0 saturated carbocycles. The van der Waals surface area contributed by atoms with Crippen LogP contribution >= 0.6 is 0 Å². The molecular weight excluding hydrogens is 304 g/mol. The minimum Gasteiger partial charge on any atom is -0.469 e. The lowest BCUT2D eigenvalue weighted by Gasteiger charge is -2.30. The summed E-state index contributed by atoms with van der Waals surface area (Å²) < 4.78 is 5.57. The number of aryl methyl sites for hydroxylation is 1. The molecule has 0 unspecified atom stereocenters. The SMILES string of the molecule is CC(C)[C@H]1/C=C\[C@@](C)(O)CC[C@@H](O)[C@](C)(O)Cc2cc(co2)CC1. The van der Waals surface area contributed by atoms with E-state index >= 15 is 0 Å². The van der Waals surface area contributed by atoms with Crippen molar-refractivity contribution in [3.8, 4) is 0 Å². The van der Waals surface area contributed by atoms with E-state index in [1.165, 1.54) is 0 Å². The third kappa shape index (κ3) is 5.20. The van der Waals surface area contributed by atoms with E-state index in [4.69, 9.17) is 4.42 Å².